The number of pyridine rings is 1. The molecule has 0 saturated carbocycles. The van der Waals surface area contributed by atoms with Crippen molar-refractivity contribution in [2.24, 2.45) is 0 Å². The van der Waals surface area contributed by atoms with Gasteiger partial charge in [-0.3, -0.25) is 4.79 Å². The molecule has 1 rings (SSSR count). The van der Waals surface area contributed by atoms with Crippen LogP contribution in [0, 0.1) is 0 Å². The Bertz CT molecular complexity index is 352. The molecule has 86 valence electrons. The van der Waals surface area contributed by atoms with Crippen LogP contribution in [0.2, 0.25) is 0 Å². The molecule has 0 atom stereocenters. The van der Waals surface area contributed by atoms with E-state index in [1.165, 1.54) is 0 Å². The molecule has 16 heavy (non-hydrogen) atoms. The predicted octanol–water partition coefficient (Wildman–Crippen LogP) is 1.02. The van der Waals surface area contributed by atoms with E-state index in [9.17, 15) is 9.59 Å². The summed E-state index contributed by atoms with van der Waals surface area (Å²) in [5.74, 6) is -0.616. The Balaban J connectivity index is 2.26. The lowest BCUT2D eigenvalue weighted by atomic mass is 10.3. The van der Waals surface area contributed by atoms with Crippen molar-refractivity contribution in [1.82, 2.24) is 4.98 Å². The number of rotatable bonds is 6. The normalized spacial score (nSPS) is 9.56. The maximum absolute atomic E-state index is 11.2. The van der Waals surface area contributed by atoms with E-state index < -0.39 is 11.8 Å². The molecule has 1 N–H and O–H groups in total. The van der Waals surface area contributed by atoms with E-state index in [1.807, 2.05) is 6.07 Å². The number of nitrogens with one attached hydrogen (secondary N) is 1. The molecule has 1 aromatic heterocycles. The summed E-state index contributed by atoms with van der Waals surface area (Å²) < 4.78 is 4.57. The van der Waals surface area contributed by atoms with Gasteiger partial charge in [0, 0.05) is 19.2 Å². The minimum Gasteiger partial charge on any atom is -0.460 e. The lowest BCUT2D eigenvalue weighted by Crippen LogP contribution is -2.20. The van der Waals surface area contributed by atoms with Gasteiger partial charge in [-0.15, -0.1) is 0 Å². The van der Waals surface area contributed by atoms with Gasteiger partial charge < -0.3 is 10.1 Å². The van der Waals surface area contributed by atoms with Crippen LogP contribution in [0.3, 0.4) is 0 Å². The van der Waals surface area contributed by atoms with Crippen molar-refractivity contribution in [3.63, 3.8) is 0 Å². The van der Waals surface area contributed by atoms with Crippen LogP contribution >= 0.6 is 0 Å². The van der Waals surface area contributed by atoms with Crippen LogP contribution in [0.1, 0.15) is 13.3 Å². The Labute approximate surface area is 93.8 Å². The maximum atomic E-state index is 11.2. The average Bonchev–Trinajstić information content (AvgIpc) is 2.30. The van der Waals surface area contributed by atoms with Gasteiger partial charge in [-0.1, -0.05) is 6.07 Å². The number of ketones is 1. The Hall–Kier alpha value is -1.91. The molecule has 0 unspecified atom stereocenters. The number of carbonyl (C=O) groups excluding carboxylic acids is 2. The molecule has 0 aliphatic rings. The van der Waals surface area contributed by atoms with Crippen LogP contribution in [0.5, 0.6) is 0 Å². The van der Waals surface area contributed by atoms with Crippen molar-refractivity contribution in [2.45, 2.75) is 13.3 Å². The number of esters is 1. The van der Waals surface area contributed by atoms with E-state index in [4.69, 9.17) is 0 Å². The number of Topliss-reactive ketones (excluding diaryl/α,β-unsaturated/α-hetero) is 1. The first-order valence-corrected chi connectivity index (χ1v) is 5.09. The van der Waals surface area contributed by atoms with Gasteiger partial charge in [0.2, 0.25) is 5.78 Å². The van der Waals surface area contributed by atoms with Gasteiger partial charge >= 0.3 is 5.97 Å². The number of hydrogen-bond acceptors (Lipinski definition) is 5. The number of aromatic nitrogens is 1. The van der Waals surface area contributed by atoms with Gasteiger partial charge in [0.25, 0.3) is 0 Å². The molecule has 0 radical (unpaired) electrons. The average molecular weight is 222 g/mol. The van der Waals surface area contributed by atoms with Gasteiger partial charge in [-0.2, -0.15) is 0 Å². The molecule has 5 heteroatoms. The van der Waals surface area contributed by atoms with Crippen molar-refractivity contribution in [3.05, 3.63) is 24.4 Å². The summed E-state index contributed by atoms with van der Waals surface area (Å²) in [6.07, 6.45) is 1.75. The number of anilines is 1. The smallest absolute Gasteiger partial charge is 0.374 e. The van der Waals surface area contributed by atoms with Crippen LogP contribution < -0.4 is 5.32 Å². The standard InChI is InChI=1S/C11H14N2O3/c1-2-16-11(15)9(14)6-8-13-10-5-3-4-7-12-10/h3-5,7H,2,6,8H2,1H3,(H,12,13). The van der Waals surface area contributed by atoms with Crippen LogP contribution in [-0.4, -0.2) is 29.9 Å². The molecule has 0 bridgehead atoms. The zero-order chi connectivity index (χ0) is 11.8. The predicted molar refractivity (Wildman–Crippen MR) is 59.0 cm³/mol. The van der Waals surface area contributed by atoms with E-state index in [0.29, 0.717) is 12.4 Å². The van der Waals surface area contributed by atoms with E-state index in [1.54, 1.807) is 25.3 Å². The van der Waals surface area contributed by atoms with Crippen molar-refractivity contribution in [1.29, 1.82) is 0 Å². The topological polar surface area (TPSA) is 68.3 Å². The second kappa shape index (κ2) is 6.55. The first-order chi connectivity index (χ1) is 7.74. The maximum Gasteiger partial charge on any atom is 0.374 e. The lowest BCUT2D eigenvalue weighted by Gasteiger charge is -2.04. The summed E-state index contributed by atoms with van der Waals surface area (Å²) in [5, 5.41) is 2.93. The van der Waals surface area contributed by atoms with E-state index in [0.717, 1.165) is 0 Å². The fourth-order valence-electron chi connectivity index (χ4n) is 1.09. The summed E-state index contributed by atoms with van der Waals surface area (Å²) in [6, 6.07) is 5.42. The molecule has 1 heterocycles. The number of hydrogen-bond donors (Lipinski definition) is 1. The SMILES string of the molecule is CCOC(=O)C(=O)CCNc1ccccn1. The molecule has 0 aromatic carbocycles. The Morgan fingerprint density at radius 3 is 2.88 bits per heavy atom. The van der Waals surface area contributed by atoms with Gasteiger partial charge in [0.05, 0.1) is 6.61 Å². The third kappa shape index (κ3) is 4.08. The van der Waals surface area contributed by atoms with E-state index in [-0.39, 0.29) is 13.0 Å². The van der Waals surface area contributed by atoms with Crippen molar-refractivity contribution >= 4 is 17.6 Å². The van der Waals surface area contributed by atoms with Gasteiger partial charge in [-0.25, -0.2) is 9.78 Å². The lowest BCUT2D eigenvalue weighted by molar-refractivity contribution is -0.153. The van der Waals surface area contributed by atoms with Crippen LogP contribution in [0.4, 0.5) is 5.82 Å². The van der Waals surface area contributed by atoms with Crippen molar-refractivity contribution < 1.29 is 14.3 Å². The monoisotopic (exact) mass is 222 g/mol. The third-order valence-corrected chi connectivity index (χ3v) is 1.83. The molecule has 0 aliphatic carbocycles. The van der Waals surface area contributed by atoms with Crippen molar-refractivity contribution in [3.8, 4) is 0 Å². The first-order valence-electron chi connectivity index (χ1n) is 5.09. The fourth-order valence-corrected chi connectivity index (χ4v) is 1.09. The summed E-state index contributed by atoms with van der Waals surface area (Å²) in [7, 11) is 0. The molecule has 0 aliphatic heterocycles. The van der Waals surface area contributed by atoms with E-state index >= 15 is 0 Å². The van der Waals surface area contributed by atoms with Crippen LogP contribution in [-0.2, 0) is 14.3 Å². The largest absolute Gasteiger partial charge is 0.460 e. The minimum absolute atomic E-state index is 0.107. The Morgan fingerprint density at radius 2 is 2.25 bits per heavy atom. The quantitative estimate of drug-likeness (QED) is 0.574. The second-order valence-corrected chi connectivity index (χ2v) is 3.04. The summed E-state index contributed by atoms with van der Waals surface area (Å²) in [5.41, 5.74) is 0. The summed E-state index contributed by atoms with van der Waals surface area (Å²) >= 11 is 0. The molecule has 1 aromatic rings. The fraction of sp³-hybridized carbons (Fsp3) is 0.364. The Kier molecular flexibility index (Phi) is 4.98. The Morgan fingerprint density at radius 1 is 1.44 bits per heavy atom. The minimum atomic E-state index is -0.773. The molecule has 5 nitrogen and oxygen atoms in total. The highest BCUT2D eigenvalue weighted by atomic mass is 16.5. The summed E-state index contributed by atoms with van der Waals surface area (Å²) in [4.78, 5) is 26.2. The second-order valence-electron chi connectivity index (χ2n) is 3.04. The number of nitrogens with zero attached hydrogens (tertiary/aromatic N) is 1. The number of carbonyl (C=O) groups is 2. The first kappa shape index (κ1) is 12.2. The molecule has 0 fully saturated rings. The third-order valence-electron chi connectivity index (χ3n) is 1.83. The van der Waals surface area contributed by atoms with Gasteiger partial charge in [-0.05, 0) is 19.1 Å². The molecule has 0 spiro atoms. The van der Waals surface area contributed by atoms with Gasteiger partial charge in [0.15, 0.2) is 0 Å². The highest BCUT2D eigenvalue weighted by Gasteiger charge is 2.13. The van der Waals surface area contributed by atoms with Crippen LogP contribution in [0.25, 0.3) is 0 Å². The molecule has 0 amide bonds. The highest BCUT2D eigenvalue weighted by molar-refractivity contribution is 6.33. The van der Waals surface area contributed by atoms with Crippen LogP contribution in [0.15, 0.2) is 24.4 Å². The van der Waals surface area contributed by atoms with Gasteiger partial charge in [0.1, 0.15) is 5.82 Å². The summed E-state index contributed by atoms with van der Waals surface area (Å²) in [6.45, 7) is 2.25. The highest BCUT2D eigenvalue weighted by Crippen LogP contribution is 1.99. The zero-order valence-corrected chi connectivity index (χ0v) is 9.10. The number of ether oxygens (including phenoxy) is 1. The molecule has 0 saturated heterocycles. The zero-order valence-electron chi connectivity index (χ0n) is 9.10. The van der Waals surface area contributed by atoms with E-state index in [2.05, 4.69) is 15.0 Å². The van der Waals surface area contributed by atoms with Crippen molar-refractivity contribution in [2.75, 3.05) is 18.5 Å². The molecular formula is C11H14N2O3. The molecular weight excluding hydrogens is 208 g/mol.